The van der Waals surface area contributed by atoms with Crippen LogP contribution in [0, 0.1) is 17.8 Å². The maximum absolute atomic E-state index is 6.26. The normalized spacial score (nSPS) is 37.0. The van der Waals surface area contributed by atoms with Crippen molar-refractivity contribution in [2.75, 3.05) is 19.6 Å². The predicted molar refractivity (Wildman–Crippen MR) is 87.8 cm³/mol. The molecule has 0 aromatic rings. The van der Waals surface area contributed by atoms with Crippen LogP contribution in [0.15, 0.2) is 0 Å². The molecule has 20 heavy (non-hydrogen) atoms. The molecule has 0 amide bonds. The van der Waals surface area contributed by atoms with Gasteiger partial charge in [0.15, 0.2) is 0 Å². The lowest BCUT2D eigenvalue weighted by molar-refractivity contribution is 0.0430. The van der Waals surface area contributed by atoms with E-state index < -0.39 is 0 Å². The molecule has 1 unspecified atom stereocenters. The van der Waals surface area contributed by atoms with Crippen LogP contribution in [0.4, 0.5) is 0 Å². The molecule has 0 radical (unpaired) electrons. The molecule has 0 aromatic heterocycles. The Kier molecular flexibility index (Phi) is 5.92. The van der Waals surface area contributed by atoms with Crippen molar-refractivity contribution in [2.45, 2.75) is 77.7 Å². The maximum atomic E-state index is 6.26. The van der Waals surface area contributed by atoms with E-state index >= 15 is 0 Å². The zero-order valence-electron chi connectivity index (χ0n) is 14.0. The highest BCUT2D eigenvalue weighted by Gasteiger charge is 2.39. The first-order chi connectivity index (χ1) is 9.61. The summed E-state index contributed by atoms with van der Waals surface area (Å²) in [5, 5.41) is 0. The third kappa shape index (κ3) is 3.57. The Morgan fingerprint density at radius 2 is 1.80 bits per heavy atom. The number of nitrogens with zero attached hydrogens (tertiary/aromatic N) is 1. The van der Waals surface area contributed by atoms with Gasteiger partial charge in [0, 0.05) is 12.1 Å². The van der Waals surface area contributed by atoms with Crippen LogP contribution in [0.3, 0.4) is 0 Å². The Balaban J connectivity index is 1.97. The van der Waals surface area contributed by atoms with E-state index in [4.69, 9.17) is 5.73 Å². The summed E-state index contributed by atoms with van der Waals surface area (Å²) in [6, 6.07) is 0. The quantitative estimate of drug-likeness (QED) is 0.842. The van der Waals surface area contributed by atoms with Crippen molar-refractivity contribution in [1.82, 2.24) is 4.90 Å². The van der Waals surface area contributed by atoms with E-state index in [0.717, 1.165) is 24.3 Å². The van der Waals surface area contributed by atoms with E-state index in [9.17, 15) is 0 Å². The van der Waals surface area contributed by atoms with Crippen molar-refractivity contribution in [3.8, 4) is 0 Å². The molecular weight excluding hydrogens is 244 g/mol. The molecule has 1 saturated carbocycles. The van der Waals surface area contributed by atoms with Gasteiger partial charge < -0.3 is 5.73 Å². The Labute approximate surface area is 126 Å². The van der Waals surface area contributed by atoms with Gasteiger partial charge in [0.2, 0.25) is 0 Å². The van der Waals surface area contributed by atoms with Gasteiger partial charge >= 0.3 is 0 Å². The van der Waals surface area contributed by atoms with Crippen molar-refractivity contribution in [3.63, 3.8) is 0 Å². The summed E-state index contributed by atoms with van der Waals surface area (Å²) in [5.74, 6) is 2.74. The summed E-state index contributed by atoms with van der Waals surface area (Å²) in [4.78, 5) is 2.79. The lowest BCUT2D eigenvalue weighted by Gasteiger charge is -2.47. The average molecular weight is 281 g/mol. The van der Waals surface area contributed by atoms with Gasteiger partial charge in [0.05, 0.1) is 0 Å². The summed E-state index contributed by atoms with van der Waals surface area (Å²) < 4.78 is 0. The van der Waals surface area contributed by atoms with Crippen molar-refractivity contribution in [2.24, 2.45) is 23.5 Å². The predicted octanol–water partition coefficient (Wildman–Crippen LogP) is 4.04. The van der Waals surface area contributed by atoms with Gasteiger partial charge in [-0.05, 0) is 75.8 Å². The largest absolute Gasteiger partial charge is 0.329 e. The molecule has 118 valence electrons. The van der Waals surface area contributed by atoms with E-state index in [1.165, 1.54) is 64.5 Å². The Hall–Kier alpha value is -0.0800. The molecule has 1 saturated heterocycles. The molecule has 1 aliphatic heterocycles. The van der Waals surface area contributed by atoms with Crippen molar-refractivity contribution in [3.05, 3.63) is 0 Å². The van der Waals surface area contributed by atoms with Crippen molar-refractivity contribution < 1.29 is 0 Å². The molecule has 2 aliphatic rings. The second kappa shape index (κ2) is 7.26. The minimum atomic E-state index is 0.345. The van der Waals surface area contributed by atoms with Gasteiger partial charge in [0.25, 0.3) is 0 Å². The molecular formula is C18H36N2. The number of likely N-dealkylation sites (tertiary alicyclic amines) is 1. The van der Waals surface area contributed by atoms with E-state index in [1.54, 1.807) is 0 Å². The molecule has 0 bridgehead atoms. The Morgan fingerprint density at radius 1 is 1.10 bits per heavy atom. The summed E-state index contributed by atoms with van der Waals surface area (Å²) in [5.41, 5.74) is 6.60. The van der Waals surface area contributed by atoms with Crippen LogP contribution in [0.25, 0.3) is 0 Å². The SMILES string of the molecule is CCC1CCC(CN)(N2CCCC(C(C)C)CC2)CC1. The third-order valence-electron chi connectivity index (χ3n) is 6.38. The van der Waals surface area contributed by atoms with Gasteiger partial charge in [-0.3, -0.25) is 4.90 Å². The molecule has 2 fully saturated rings. The molecule has 2 heteroatoms. The van der Waals surface area contributed by atoms with Crippen LogP contribution >= 0.6 is 0 Å². The van der Waals surface area contributed by atoms with Gasteiger partial charge in [-0.1, -0.05) is 27.2 Å². The zero-order chi connectivity index (χ0) is 14.6. The van der Waals surface area contributed by atoms with Gasteiger partial charge in [-0.15, -0.1) is 0 Å². The molecule has 1 aliphatic carbocycles. The number of rotatable bonds is 4. The van der Waals surface area contributed by atoms with E-state index in [-0.39, 0.29) is 0 Å². The van der Waals surface area contributed by atoms with E-state index in [0.29, 0.717) is 5.54 Å². The fourth-order valence-corrected chi connectivity index (χ4v) is 4.54. The lowest BCUT2D eigenvalue weighted by Crippen LogP contribution is -2.56. The average Bonchev–Trinajstić information content (AvgIpc) is 2.73. The van der Waals surface area contributed by atoms with Gasteiger partial charge in [-0.25, -0.2) is 0 Å². The number of nitrogens with two attached hydrogens (primary N) is 1. The van der Waals surface area contributed by atoms with E-state index in [2.05, 4.69) is 25.7 Å². The highest BCUT2D eigenvalue weighted by molar-refractivity contribution is 4.96. The fourth-order valence-electron chi connectivity index (χ4n) is 4.54. The lowest BCUT2D eigenvalue weighted by atomic mass is 9.74. The molecule has 1 heterocycles. The second-order valence-electron chi connectivity index (χ2n) is 7.70. The maximum Gasteiger partial charge on any atom is 0.0331 e. The monoisotopic (exact) mass is 280 g/mol. The Bertz CT molecular complexity index is 279. The zero-order valence-corrected chi connectivity index (χ0v) is 14.0. The summed E-state index contributed by atoms with van der Waals surface area (Å²) in [7, 11) is 0. The van der Waals surface area contributed by atoms with Crippen molar-refractivity contribution in [1.29, 1.82) is 0 Å². The molecule has 2 nitrogen and oxygen atoms in total. The summed E-state index contributed by atoms with van der Waals surface area (Å²) in [6.45, 7) is 10.6. The highest BCUT2D eigenvalue weighted by Crippen LogP contribution is 2.39. The summed E-state index contributed by atoms with van der Waals surface area (Å²) >= 11 is 0. The van der Waals surface area contributed by atoms with Crippen LogP contribution in [-0.2, 0) is 0 Å². The molecule has 2 N–H and O–H groups in total. The minimum Gasteiger partial charge on any atom is -0.329 e. The smallest absolute Gasteiger partial charge is 0.0331 e. The van der Waals surface area contributed by atoms with Crippen LogP contribution in [0.1, 0.15) is 72.1 Å². The second-order valence-corrected chi connectivity index (χ2v) is 7.70. The van der Waals surface area contributed by atoms with Gasteiger partial charge in [0.1, 0.15) is 0 Å². The first-order valence-corrected chi connectivity index (χ1v) is 9.06. The fraction of sp³-hybridized carbons (Fsp3) is 1.00. The van der Waals surface area contributed by atoms with Crippen LogP contribution in [0.5, 0.6) is 0 Å². The number of hydrogen-bond donors (Lipinski definition) is 1. The van der Waals surface area contributed by atoms with Crippen LogP contribution < -0.4 is 5.73 Å². The van der Waals surface area contributed by atoms with Gasteiger partial charge in [-0.2, -0.15) is 0 Å². The topological polar surface area (TPSA) is 29.3 Å². The molecule has 2 rings (SSSR count). The number of hydrogen-bond acceptors (Lipinski definition) is 2. The molecule has 0 spiro atoms. The minimum absolute atomic E-state index is 0.345. The standard InChI is InChI=1S/C18H36N2/c1-4-16-7-10-18(14-19,11-8-16)20-12-5-6-17(9-13-20)15(2)3/h15-17H,4-14,19H2,1-3H3. The van der Waals surface area contributed by atoms with Crippen molar-refractivity contribution >= 4 is 0 Å². The summed E-state index contributed by atoms with van der Waals surface area (Å²) in [6.07, 6.45) is 11.0. The molecule has 0 aromatic carbocycles. The third-order valence-corrected chi connectivity index (χ3v) is 6.38. The highest BCUT2D eigenvalue weighted by atomic mass is 15.2. The molecule has 1 atom stereocenters. The first-order valence-electron chi connectivity index (χ1n) is 9.06. The van der Waals surface area contributed by atoms with E-state index in [1.807, 2.05) is 0 Å². The van der Waals surface area contributed by atoms with Crippen LogP contribution in [-0.4, -0.2) is 30.1 Å². The first kappa shape index (κ1) is 16.3. The van der Waals surface area contributed by atoms with Crippen LogP contribution in [0.2, 0.25) is 0 Å². The Morgan fingerprint density at radius 3 is 2.35 bits per heavy atom.